The number of nitrogens with one attached hydrogen (secondary N) is 1. The lowest BCUT2D eigenvalue weighted by atomic mass is 9.97. The third-order valence-corrected chi connectivity index (χ3v) is 4.06. The SMILES string of the molecule is CCCNC(CCC1CCCC1)Cc1nnn(C)n1. The molecule has 108 valence electrons. The van der Waals surface area contributed by atoms with E-state index >= 15 is 0 Å². The Labute approximate surface area is 116 Å². The highest BCUT2D eigenvalue weighted by molar-refractivity contribution is 4.85. The van der Waals surface area contributed by atoms with E-state index in [2.05, 4.69) is 27.7 Å². The fraction of sp³-hybridized carbons (Fsp3) is 0.929. The third kappa shape index (κ3) is 4.90. The standard InChI is InChI=1S/C14H27N5/c1-3-10-15-13(9-8-12-6-4-5-7-12)11-14-16-18-19(2)17-14/h12-13,15H,3-11H2,1-2H3. The second-order valence-corrected chi connectivity index (χ2v) is 5.78. The molecule has 0 bridgehead atoms. The maximum absolute atomic E-state index is 4.29. The van der Waals surface area contributed by atoms with Crippen molar-refractivity contribution in [2.45, 2.75) is 64.3 Å². The average Bonchev–Trinajstić information content (AvgIpc) is 3.04. The fourth-order valence-electron chi connectivity index (χ4n) is 2.99. The molecule has 19 heavy (non-hydrogen) atoms. The number of aryl methyl sites for hydroxylation is 1. The van der Waals surface area contributed by atoms with Gasteiger partial charge in [0.2, 0.25) is 0 Å². The first kappa shape index (κ1) is 14.4. The van der Waals surface area contributed by atoms with Gasteiger partial charge in [0, 0.05) is 12.5 Å². The number of nitrogens with zero attached hydrogens (tertiary/aromatic N) is 4. The van der Waals surface area contributed by atoms with Crippen molar-refractivity contribution in [2.75, 3.05) is 6.54 Å². The van der Waals surface area contributed by atoms with E-state index in [1.54, 1.807) is 4.80 Å². The van der Waals surface area contributed by atoms with Gasteiger partial charge in [-0.3, -0.25) is 0 Å². The van der Waals surface area contributed by atoms with E-state index in [0.717, 1.165) is 24.7 Å². The highest BCUT2D eigenvalue weighted by Crippen LogP contribution is 2.29. The monoisotopic (exact) mass is 265 g/mol. The third-order valence-electron chi connectivity index (χ3n) is 4.06. The van der Waals surface area contributed by atoms with Crippen LogP contribution >= 0.6 is 0 Å². The van der Waals surface area contributed by atoms with Gasteiger partial charge in [0.1, 0.15) is 0 Å². The van der Waals surface area contributed by atoms with Gasteiger partial charge in [0.15, 0.2) is 5.82 Å². The summed E-state index contributed by atoms with van der Waals surface area (Å²) in [5.74, 6) is 1.82. The molecule has 1 aromatic rings. The summed E-state index contributed by atoms with van der Waals surface area (Å²) in [7, 11) is 1.82. The van der Waals surface area contributed by atoms with Gasteiger partial charge in [-0.1, -0.05) is 32.6 Å². The first-order chi connectivity index (χ1) is 9.28. The summed E-state index contributed by atoms with van der Waals surface area (Å²) in [6.45, 7) is 3.29. The number of rotatable bonds is 8. The highest BCUT2D eigenvalue weighted by atomic mass is 15.6. The van der Waals surface area contributed by atoms with Crippen molar-refractivity contribution >= 4 is 0 Å². The normalized spacial score (nSPS) is 18.0. The molecule has 1 heterocycles. The van der Waals surface area contributed by atoms with Crippen molar-refractivity contribution in [2.24, 2.45) is 13.0 Å². The Kier molecular flexibility index (Phi) is 5.76. The number of tetrazole rings is 1. The largest absolute Gasteiger partial charge is 0.314 e. The van der Waals surface area contributed by atoms with Crippen LogP contribution in [0.4, 0.5) is 0 Å². The Bertz CT molecular complexity index is 356. The van der Waals surface area contributed by atoms with E-state index < -0.39 is 0 Å². The average molecular weight is 265 g/mol. The molecule has 5 heteroatoms. The van der Waals surface area contributed by atoms with Crippen molar-refractivity contribution < 1.29 is 0 Å². The van der Waals surface area contributed by atoms with Crippen molar-refractivity contribution in [1.29, 1.82) is 0 Å². The summed E-state index contributed by atoms with van der Waals surface area (Å²) < 4.78 is 0. The highest BCUT2D eigenvalue weighted by Gasteiger charge is 2.18. The van der Waals surface area contributed by atoms with E-state index in [-0.39, 0.29) is 0 Å². The molecule has 1 fully saturated rings. The molecule has 1 unspecified atom stereocenters. The maximum Gasteiger partial charge on any atom is 0.176 e. The Hall–Kier alpha value is -0.970. The van der Waals surface area contributed by atoms with Gasteiger partial charge in [-0.25, -0.2) is 0 Å². The molecule has 0 radical (unpaired) electrons. The minimum absolute atomic E-state index is 0.504. The molecule has 1 atom stereocenters. The van der Waals surface area contributed by atoms with Gasteiger partial charge in [0.05, 0.1) is 7.05 Å². The van der Waals surface area contributed by atoms with Crippen molar-refractivity contribution in [3.05, 3.63) is 5.82 Å². The van der Waals surface area contributed by atoms with Crippen molar-refractivity contribution in [3.63, 3.8) is 0 Å². The maximum atomic E-state index is 4.29. The first-order valence-electron chi connectivity index (χ1n) is 7.74. The predicted molar refractivity (Wildman–Crippen MR) is 75.8 cm³/mol. The quantitative estimate of drug-likeness (QED) is 0.782. The smallest absolute Gasteiger partial charge is 0.176 e. The van der Waals surface area contributed by atoms with Crippen LogP contribution in [-0.2, 0) is 13.5 Å². The molecule has 1 saturated carbocycles. The molecular weight excluding hydrogens is 238 g/mol. The zero-order valence-electron chi connectivity index (χ0n) is 12.3. The summed E-state index contributed by atoms with van der Waals surface area (Å²) in [5.41, 5.74) is 0. The van der Waals surface area contributed by atoms with Crippen LogP contribution in [0, 0.1) is 5.92 Å². The van der Waals surface area contributed by atoms with E-state index in [1.165, 1.54) is 44.9 Å². The molecular formula is C14H27N5. The number of aromatic nitrogens is 4. The predicted octanol–water partition coefficient (Wildman–Crippen LogP) is 2.09. The van der Waals surface area contributed by atoms with Crippen LogP contribution in [0.25, 0.3) is 0 Å². The van der Waals surface area contributed by atoms with E-state index in [1.807, 2.05) is 7.05 Å². The van der Waals surface area contributed by atoms with Gasteiger partial charge >= 0.3 is 0 Å². The Morgan fingerprint density at radius 2 is 2.16 bits per heavy atom. The molecule has 0 aliphatic heterocycles. The molecule has 0 saturated heterocycles. The summed E-state index contributed by atoms with van der Waals surface area (Å²) in [6.07, 6.45) is 10.4. The zero-order chi connectivity index (χ0) is 13.5. The van der Waals surface area contributed by atoms with Crippen LogP contribution < -0.4 is 5.32 Å². The molecule has 0 aromatic carbocycles. The van der Waals surface area contributed by atoms with Gasteiger partial charge < -0.3 is 5.32 Å². The van der Waals surface area contributed by atoms with Crippen LogP contribution in [0.15, 0.2) is 0 Å². The van der Waals surface area contributed by atoms with E-state index in [9.17, 15) is 0 Å². The molecule has 1 N–H and O–H groups in total. The second kappa shape index (κ2) is 7.58. The lowest BCUT2D eigenvalue weighted by molar-refractivity contribution is 0.398. The molecule has 5 nitrogen and oxygen atoms in total. The van der Waals surface area contributed by atoms with Gasteiger partial charge in [-0.15, -0.1) is 10.2 Å². The number of hydrogen-bond acceptors (Lipinski definition) is 4. The summed E-state index contributed by atoms with van der Waals surface area (Å²) in [5, 5.41) is 15.9. The summed E-state index contributed by atoms with van der Waals surface area (Å²) in [6, 6.07) is 0.504. The molecule has 1 aliphatic carbocycles. The molecule has 0 amide bonds. The zero-order valence-corrected chi connectivity index (χ0v) is 12.3. The number of hydrogen-bond donors (Lipinski definition) is 1. The fourth-order valence-corrected chi connectivity index (χ4v) is 2.99. The lowest BCUT2D eigenvalue weighted by Gasteiger charge is -2.19. The van der Waals surface area contributed by atoms with Crippen LogP contribution in [0.3, 0.4) is 0 Å². The molecule has 0 spiro atoms. The lowest BCUT2D eigenvalue weighted by Crippen LogP contribution is -2.32. The summed E-state index contributed by atoms with van der Waals surface area (Å²) in [4.78, 5) is 1.54. The van der Waals surface area contributed by atoms with E-state index in [0.29, 0.717) is 6.04 Å². The van der Waals surface area contributed by atoms with Crippen LogP contribution in [-0.4, -0.2) is 32.8 Å². The molecule has 1 aliphatic rings. The van der Waals surface area contributed by atoms with Gasteiger partial charge in [-0.2, -0.15) is 4.80 Å². The minimum Gasteiger partial charge on any atom is -0.314 e. The Balaban J connectivity index is 1.79. The van der Waals surface area contributed by atoms with Crippen LogP contribution in [0.5, 0.6) is 0 Å². The Morgan fingerprint density at radius 1 is 1.37 bits per heavy atom. The van der Waals surface area contributed by atoms with Gasteiger partial charge in [0.25, 0.3) is 0 Å². The molecule has 1 aromatic heterocycles. The topological polar surface area (TPSA) is 55.6 Å². The van der Waals surface area contributed by atoms with Gasteiger partial charge in [-0.05, 0) is 36.9 Å². The van der Waals surface area contributed by atoms with Crippen LogP contribution in [0.2, 0.25) is 0 Å². The molecule has 2 rings (SSSR count). The Morgan fingerprint density at radius 3 is 2.79 bits per heavy atom. The minimum atomic E-state index is 0.504. The van der Waals surface area contributed by atoms with Crippen LogP contribution in [0.1, 0.15) is 57.7 Å². The van der Waals surface area contributed by atoms with Crippen molar-refractivity contribution in [3.8, 4) is 0 Å². The van der Waals surface area contributed by atoms with Crippen molar-refractivity contribution in [1.82, 2.24) is 25.5 Å². The summed E-state index contributed by atoms with van der Waals surface area (Å²) >= 11 is 0. The van der Waals surface area contributed by atoms with E-state index in [4.69, 9.17) is 0 Å². The second-order valence-electron chi connectivity index (χ2n) is 5.78. The first-order valence-corrected chi connectivity index (χ1v) is 7.74.